The minimum Gasteiger partial charge on any atom is -0.352 e. The van der Waals surface area contributed by atoms with E-state index in [0.717, 1.165) is 16.3 Å². The second-order valence-electron chi connectivity index (χ2n) is 5.67. The number of aryl methyl sites for hydroxylation is 1. The van der Waals surface area contributed by atoms with Gasteiger partial charge in [0.1, 0.15) is 12.1 Å². The van der Waals surface area contributed by atoms with Crippen LogP contribution in [0.15, 0.2) is 35.3 Å². The molecule has 0 aliphatic heterocycles. The molecule has 2 heterocycles. The van der Waals surface area contributed by atoms with Crippen LogP contribution in [-0.2, 0) is 18.4 Å². The molecule has 1 aromatic carbocycles. The number of benzene rings is 1. The van der Waals surface area contributed by atoms with Crippen LogP contribution in [0.4, 0.5) is 0 Å². The summed E-state index contributed by atoms with van der Waals surface area (Å²) in [5.41, 5.74) is 1.28. The number of rotatable bonds is 3. The van der Waals surface area contributed by atoms with E-state index in [4.69, 9.17) is 0 Å². The molecule has 22 heavy (non-hydrogen) atoms. The highest BCUT2D eigenvalue weighted by Gasteiger charge is 2.15. The molecule has 0 saturated heterocycles. The van der Waals surface area contributed by atoms with E-state index in [1.807, 2.05) is 49.7 Å². The normalized spacial score (nSPS) is 11.5. The van der Waals surface area contributed by atoms with E-state index in [9.17, 15) is 9.59 Å². The van der Waals surface area contributed by atoms with E-state index in [-0.39, 0.29) is 24.1 Å². The Hall–Kier alpha value is -2.63. The SMILES string of the molecule is CC(C)NC(=O)Cn1ncc2c3ccccc3n(C)c2c1=O. The molecule has 0 unspecified atom stereocenters. The Morgan fingerprint density at radius 2 is 2.00 bits per heavy atom. The van der Waals surface area contributed by atoms with Gasteiger partial charge in [0, 0.05) is 29.4 Å². The quantitative estimate of drug-likeness (QED) is 0.795. The zero-order valence-corrected chi connectivity index (χ0v) is 12.8. The Labute approximate surface area is 127 Å². The van der Waals surface area contributed by atoms with Crippen molar-refractivity contribution in [2.24, 2.45) is 7.05 Å². The number of nitrogens with one attached hydrogen (secondary N) is 1. The first-order valence-electron chi connectivity index (χ1n) is 7.21. The highest BCUT2D eigenvalue weighted by molar-refractivity contribution is 6.07. The summed E-state index contributed by atoms with van der Waals surface area (Å²) in [6.45, 7) is 3.68. The molecule has 0 saturated carbocycles. The minimum absolute atomic E-state index is 0.0320. The molecule has 0 fully saturated rings. The number of hydrogen-bond acceptors (Lipinski definition) is 3. The van der Waals surface area contributed by atoms with Crippen molar-refractivity contribution in [3.05, 3.63) is 40.8 Å². The maximum absolute atomic E-state index is 12.6. The number of nitrogens with zero attached hydrogens (tertiary/aromatic N) is 3. The monoisotopic (exact) mass is 298 g/mol. The summed E-state index contributed by atoms with van der Waals surface area (Å²) >= 11 is 0. The summed E-state index contributed by atoms with van der Waals surface area (Å²) in [7, 11) is 1.85. The van der Waals surface area contributed by atoms with Crippen LogP contribution in [-0.4, -0.2) is 26.3 Å². The van der Waals surface area contributed by atoms with Crippen LogP contribution < -0.4 is 10.9 Å². The van der Waals surface area contributed by atoms with E-state index >= 15 is 0 Å². The Balaban J connectivity index is 2.14. The third kappa shape index (κ3) is 2.26. The van der Waals surface area contributed by atoms with Crippen LogP contribution in [0.1, 0.15) is 13.8 Å². The third-order valence-electron chi connectivity index (χ3n) is 3.65. The first-order chi connectivity index (χ1) is 10.5. The number of carbonyl (C=O) groups excluding carboxylic acids is 1. The van der Waals surface area contributed by atoms with Gasteiger partial charge in [-0.25, -0.2) is 4.68 Å². The fraction of sp³-hybridized carbons (Fsp3) is 0.312. The molecule has 2 aromatic heterocycles. The molecule has 114 valence electrons. The van der Waals surface area contributed by atoms with Crippen molar-refractivity contribution in [1.82, 2.24) is 19.7 Å². The Bertz CT molecular complexity index is 921. The van der Waals surface area contributed by atoms with Crippen LogP contribution in [0, 0.1) is 0 Å². The van der Waals surface area contributed by atoms with Gasteiger partial charge in [-0.1, -0.05) is 18.2 Å². The lowest BCUT2D eigenvalue weighted by atomic mass is 10.2. The molecule has 0 spiro atoms. The molecule has 0 aliphatic rings. The molecule has 3 aromatic rings. The second kappa shape index (κ2) is 5.29. The van der Waals surface area contributed by atoms with Crippen LogP contribution in [0.3, 0.4) is 0 Å². The number of fused-ring (bicyclic) bond motifs is 3. The molecule has 6 nitrogen and oxygen atoms in total. The Morgan fingerprint density at radius 3 is 2.73 bits per heavy atom. The van der Waals surface area contributed by atoms with Gasteiger partial charge < -0.3 is 9.88 Å². The smallest absolute Gasteiger partial charge is 0.291 e. The molecule has 3 rings (SSSR count). The first-order valence-corrected chi connectivity index (χ1v) is 7.21. The summed E-state index contributed by atoms with van der Waals surface area (Å²) in [6, 6.07) is 7.83. The molecule has 1 N–H and O–H groups in total. The zero-order valence-electron chi connectivity index (χ0n) is 12.8. The zero-order chi connectivity index (χ0) is 15.9. The number of carbonyl (C=O) groups is 1. The van der Waals surface area contributed by atoms with E-state index in [0.29, 0.717) is 5.52 Å². The van der Waals surface area contributed by atoms with Gasteiger partial charge in [-0.05, 0) is 19.9 Å². The molecule has 0 radical (unpaired) electrons. The lowest BCUT2D eigenvalue weighted by Gasteiger charge is -2.09. The predicted molar refractivity (Wildman–Crippen MR) is 85.8 cm³/mol. The van der Waals surface area contributed by atoms with Crippen molar-refractivity contribution in [2.75, 3.05) is 0 Å². The van der Waals surface area contributed by atoms with Gasteiger partial charge in [-0.3, -0.25) is 9.59 Å². The fourth-order valence-electron chi connectivity index (χ4n) is 2.73. The van der Waals surface area contributed by atoms with E-state index in [1.165, 1.54) is 4.68 Å². The summed E-state index contributed by atoms with van der Waals surface area (Å²) in [6.07, 6.45) is 1.65. The molecule has 6 heteroatoms. The van der Waals surface area contributed by atoms with Crippen molar-refractivity contribution in [1.29, 1.82) is 0 Å². The summed E-state index contributed by atoms with van der Waals surface area (Å²) in [5, 5.41) is 8.71. The molecular weight excluding hydrogens is 280 g/mol. The van der Waals surface area contributed by atoms with Gasteiger partial charge in [0.05, 0.1) is 6.20 Å². The van der Waals surface area contributed by atoms with E-state index in [1.54, 1.807) is 6.20 Å². The van der Waals surface area contributed by atoms with Gasteiger partial charge in [-0.2, -0.15) is 5.10 Å². The molecule has 0 atom stereocenters. The topological polar surface area (TPSA) is 68.9 Å². The van der Waals surface area contributed by atoms with E-state index < -0.39 is 0 Å². The van der Waals surface area contributed by atoms with Crippen LogP contribution in [0.25, 0.3) is 21.8 Å². The van der Waals surface area contributed by atoms with Gasteiger partial charge in [0.2, 0.25) is 5.91 Å². The number of para-hydroxylation sites is 1. The fourth-order valence-corrected chi connectivity index (χ4v) is 2.73. The third-order valence-corrected chi connectivity index (χ3v) is 3.65. The Kier molecular flexibility index (Phi) is 3.44. The Morgan fingerprint density at radius 1 is 1.27 bits per heavy atom. The van der Waals surface area contributed by atoms with Crippen molar-refractivity contribution < 1.29 is 4.79 Å². The predicted octanol–water partition coefficient (Wildman–Crippen LogP) is 1.41. The van der Waals surface area contributed by atoms with Crippen LogP contribution >= 0.6 is 0 Å². The average Bonchev–Trinajstić information content (AvgIpc) is 2.75. The highest BCUT2D eigenvalue weighted by Crippen LogP contribution is 2.24. The molecule has 0 bridgehead atoms. The highest BCUT2D eigenvalue weighted by atomic mass is 16.2. The maximum atomic E-state index is 12.6. The van der Waals surface area contributed by atoms with Crippen LogP contribution in [0.5, 0.6) is 0 Å². The first kappa shape index (κ1) is 14.3. The van der Waals surface area contributed by atoms with Crippen molar-refractivity contribution in [3.63, 3.8) is 0 Å². The average molecular weight is 298 g/mol. The molecule has 1 amide bonds. The lowest BCUT2D eigenvalue weighted by molar-refractivity contribution is -0.122. The summed E-state index contributed by atoms with van der Waals surface area (Å²) < 4.78 is 3.06. The summed E-state index contributed by atoms with van der Waals surface area (Å²) in [5.74, 6) is -0.220. The molecule has 0 aliphatic carbocycles. The largest absolute Gasteiger partial charge is 0.352 e. The van der Waals surface area contributed by atoms with Crippen molar-refractivity contribution in [2.45, 2.75) is 26.4 Å². The second-order valence-corrected chi connectivity index (χ2v) is 5.67. The molecular formula is C16H18N4O2. The standard InChI is InChI=1S/C16H18N4O2/c1-10(2)18-14(21)9-20-16(22)15-12(8-17-20)11-6-4-5-7-13(11)19(15)3/h4-8,10H,9H2,1-3H3,(H,18,21). The van der Waals surface area contributed by atoms with Crippen molar-refractivity contribution in [3.8, 4) is 0 Å². The van der Waals surface area contributed by atoms with Gasteiger partial charge in [0.25, 0.3) is 5.56 Å². The van der Waals surface area contributed by atoms with Gasteiger partial charge in [0.15, 0.2) is 0 Å². The van der Waals surface area contributed by atoms with Gasteiger partial charge >= 0.3 is 0 Å². The maximum Gasteiger partial charge on any atom is 0.291 e. The van der Waals surface area contributed by atoms with E-state index in [2.05, 4.69) is 10.4 Å². The van der Waals surface area contributed by atoms with Gasteiger partial charge in [-0.15, -0.1) is 0 Å². The van der Waals surface area contributed by atoms with Crippen LogP contribution in [0.2, 0.25) is 0 Å². The number of aromatic nitrogens is 3. The summed E-state index contributed by atoms with van der Waals surface area (Å²) in [4.78, 5) is 24.5. The lowest BCUT2D eigenvalue weighted by Crippen LogP contribution is -2.37. The number of hydrogen-bond donors (Lipinski definition) is 1. The minimum atomic E-state index is -0.255. The number of amides is 1. The van der Waals surface area contributed by atoms with Crippen molar-refractivity contribution >= 4 is 27.7 Å².